The smallest absolute Gasteiger partial charge is 0.449 e. The molecule has 3 N–H and O–H groups in total. The van der Waals surface area contributed by atoms with E-state index in [1.165, 1.54) is 19.3 Å². The van der Waals surface area contributed by atoms with Crippen LogP contribution >= 0.6 is 7.82 Å². The lowest BCUT2D eigenvalue weighted by molar-refractivity contribution is -0.151. The summed E-state index contributed by atoms with van der Waals surface area (Å²) >= 11 is 0. The van der Waals surface area contributed by atoms with Gasteiger partial charge in [0.1, 0.15) is 6.10 Å². The number of ketones is 1. The van der Waals surface area contributed by atoms with Gasteiger partial charge in [0.15, 0.2) is 6.10 Å². The molecule has 0 spiro atoms. The molecule has 1 rings (SSSR count). The van der Waals surface area contributed by atoms with E-state index in [0.29, 0.717) is 0 Å². The first-order valence-electron chi connectivity index (χ1n) is 9.40. The van der Waals surface area contributed by atoms with Gasteiger partial charge in [0.25, 0.3) is 0 Å². The number of aliphatic hydroxyl groups is 2. The van der Waals surface area contributed by atoms with E-state index in [9.17, 15) is 24.2 Å². The summed E-state index contributed by atoms with van der Waals surface area (Å²) in [5.41, 5.74) is 0. The van der Waals surface area contributed by atoms with Crippen LogP contribution in [0.3, 0.4) is 0 Å². The molecule has 27 heavy (non-hydrogen) atoms. The summed E-state index contributed by atoms with van der Waals surface area (Å²) in [6.45, 7) is 3.16. The molecule has 0 radical (unpaired) electrons. The van der Waals surface area contributed by atoms with Gasteiger partial charge in [0.05, 0.1) is 13.2 Å². The average Bonchev–Trinajstić information content (AvgIpc) is 2.90. The molecule has 0 amide bonds. The van der Waals surface area contributed by atoms with E-state index >= 15 is 0 Å². The fourth-order valence-electron chi connectivity index (χ4n) is 2.71. The second-order valence-corrected chi connectivity index (χ2v) is 8.33. The van der Waals surface area contributed by atoms with E-state index in [0.717, 1.165) is 25.7 Å². The molecule has 1 fully saturated rings. The van der Waals surface area contributed by atoms with Crippen LogP contribution in [0.4, 0.5) is 0 Å². The third-order valence-corrected chi connectivity index (χ3v) is 5.30. The molecule has 1 saturated heterocycles. The second-order valence-electron chi connectivity index (χ2n) is 6.92. The molecule has 1 heterocycles. The lowest BCUT2D eigenvalue weighted by Crippen LogP contribution is -2.37. The molecular weight excluding hydrogens is 379 g/mol. The second kappa shape index (κ2) is 11.9. The minimum Gasteiger partial charge on any atom is -0.449 e. The monoisotopic (exact) mass is 410 g/mol. The molecule has 1 aliphatic rings. The van der Waals surface area contributed by atoms with Crippen molar-refractivity contribution in [1.82, 2.24) is 0 Å². The topological polar surface area (TPSA) is 140 Å². The summed E-state index contributed by atoms with van der Waals surface area (Å²) in [5.74, 6) is -2.22. The predicted molar refractivity (Wildman–Crippen MR) is 95.8 cm³/mol. The van der Waals surface area contributed by atoms with Crippen molar-refractivity contribution >= 4 is 19.6 Å². The van der Waals surface area contributed by atoms with Gasteiger partial charge >= 0.3 is 13.8 Å². The lowest BCUT2D eigenvalue weighted by atomic mass is 10.0. The Balaban J connectivity index is 2.37. The Hall–Kier alpha value is -0.830. The van der Waals surface area contributed by atoms with Crippen molar-refractivity contribution in [1.29, 1.82) is 0 Å². The van der Waals surface area contributed by atoms with Crippen LogP contribution in [0, 0.1) is 5.92 Å². The van der Waals surface area contributed by atoms with Crippen LogP contribution in [0.15, 0.2) is 0 Å². The van der Waals surface area contributed by atoms with Crippen molar-refractivity contribution < 1.29 is 43.0 Å². The maximum atomic E-state index is 12.0. The molecule has 1 aliphatic heterocycles. The fourth-order valence-corrected chi connectivity index (χ4v) is 3.67. The number of ether oxygens (including phenoxy) is 1. The normalized spacial score (nSPS) is 24.5. The van der Waals surface area contributed by atoms with Crippen LogP contribution < -0.4 is 0 Å². The van der Waals surface area contributed by atoms with Crippen molar-refractivity contribution in [3.63, 3.8) is 0 Å². The van der Waals surface area contributed by atoms with Crippen LogP contribution in [0.2, 0.25) is 0 Å². The van der Waals surface area contributed by atoms with Crippen LogP contribution in [-0.2, 0) is 27.9 Å². The summed E-state index contributed by atoms with van der Waals surface area (Å²) in [7, 11) is -4.66. The van der Waals surface area contributed by atoms with E-state index in [1.54, 1.807) is 0 Å². The van der Waals surface area contributed by atoms with Crippen LogP contribution in [0.25, 0.3) is 0 Å². The molecule has 158 valence electrons. The summed E-state index contributed by atoms with van der Waals surface area (Å²) < 4.78 is 26.1. The van der Waals surface area contributed by atoms with E-state index in [2.05, 4.69) is 16.2 Å². The Bertz CT molecular complexity index is 525. The number of esters is 1. The first kappa shape index (κ1) is 24.2. The fraction of sp³-hybridized carbons (Fsp3) is 0.882. The molecular formula is C17H31O9P. The number of rotatable bonds is 14. The highest BCUT2D eigenvalue weighted by Gasteiger charge is 2.50. The third-order valence-electron chi connectivity index (χ3n) is 4.34. The molecule has 0 bridgehead atoms. The Morgan fingerprint density at radius 1 is 1.19 bits per heavy atom. The summed E-state index contributed by atoms with van der Waals surface area (Å²) in [6, 6.07) is 0. The number of hydrogen-bond acceptors (Lipinski definition) is 8. The molecule has 9 nitrogen and oxygen atoms in total. The van der Waals surface area contributed by atoms with Gasteiger partial charge in [-0.1, -0.05) is 52.4 Å². The number of carbonyl (C=O) groups is 2. The van der Waals surface area contributed by atoms with Crippen molar-refractivity contribution in [3.8, 4) is 0 Å². The third kappa shape index (κ3) is 8.37. The van der Waals surface area contributed by atoms with Crippen molar-refractivity contribution in [2.45, 2.75) is 77.1 Å². The Morgan fingerprint density at radius 3 is 2.44 bits per heavy atom. The van der Waals surface area contributed by atoms with Gasteiger partial charge in [-0.15, -0.1) is 0 Å². The zero-order chi connectivity index (χ0) is 20.4. The first-order chi connectivity index (χ1) is 12.7. The summed E-state index contributed by atoms with van der Waals surface area (Å²) in [6.07, 6.45) is 2.48. The molecule has 5 atom stereocenters. The van der Waals surface area contributed by atoms with Gasteiger partial charge < -0.3 is 19.8 Å². The molecule has 0 saturated carbocycles. The van der Waals surface area contributed by atoms with Crippen molar-refractivity contribution in [2.24, 2.45) is 5.92 Å². The number of Topliss-reactive ketones (excluding diaryl/α,β-unsaturated/α-hetero) is 1. The van der Waals surface area contributed by atoms with Crippen LogP contribution in [0.5, 0.6) is 0 Å². The SMILES string of the molecule is CCCCCCCCC(C)COP(=O)(O)OC1C(=O)O[C@H](C(O)CO)C1=O. The predicted octanol–water partition coefficient (Wildman–Crippen LogP) is 1.72. The largest absolute Gasteiger partial charge is 0.473 e. The standard InChI is InChI=1S/C17H31O9P/c1-3-4-5-6-7-8-9-12(2)11-24-27(22,23)26-16-14(20)15(13(19)10-18)25-17(16)21/h12-13,15-16,18-19H,3-11H2,1-2H3,(H,22,23)/t12?,13?,15-,16?/m1/s1. The highest BCUT2D eigenvalue weighted by Crippen LogP contribution is 2.46. The molecule has 4 unspecified atom stereocenters. The maximum Gasteiger partial charge on any atom is 0.473 e. The summed E-state index contributed by atoms with van der Waals surface area (Å²) in [5, 5.41) is 18.3. The van der Waals surface area contributed by atoms with Gasteiger partial charge in [-0.2, -0.15) is 0 Å². The minimum atomic E-state index is -4.66. The van der Waals surface area contributed by atoms with Gasteiger partial charge in [0.2, 0.25) is 11.9 Å². The van der Waals surface area contributed by atoms with E-state index in [4.69, 9.17) is 9.63 Å². The minimum absolute atomic E-state index is 0.00967. The molecule has 0 aromatic carbocycles. The Morgan fingerprint density at radius 2 is 1.81 bits per heavy atom. The van der Waals surface area contributed by atoms with Crippen molar-refractivity contribution in [3.05, 3.63) is 0 Å². The van der Waals surface area contributed by atoms with E-state index in [-0.39, 0.29) is 12.5 Å². The quantitative estimate of drug-likeness (QED) is 0.169. The number of phosphoric ester groups is 1. The Labute approximate surface area is 159 Å². The van der Waals surface area contributed by atoms with Gasteiger partial charge in [-0.25, -0.2) is 9.36 Å². The zero-order valence-corrected chi connectivity index (χ0v) is 16.8. The lowest BCUT2D eigenvalue weighted by Gasteiger charge is -2.17. The highest BCUT2D eigenvalue weighted by molar-refractivity contribution is 7.47. The Kier molecular flexibility index (Phi) is 10.7. The number of hydrogen-bond donors (Lipinski definition) is 3. The van der Waals surface area contributed by atoms with E-state index in [1.807, 2.05) is 6.92 Å². The number of aliphatic hydroxyl groups excluding tert-OH is 2. The average molecular weight is 410 g/mol. The number of unbranched alkanes of at least 4 members (excludes halogenated alkanes) is 5. The van der Waals surface area contributed by atoms with Gasteiger partial charge in [0, 0.05) is 0 Å². The number of cyclic esters (lactones) is 1. The van der Waals surface area contributed by atoms with Gasteiger partial charge in [-0.05, 0) is 12.3 Å². The first-order valence-corrected chi connectivity index (χ1v) is 10.9. The number of phosphoric acid groups is 1. The molecule has 0 aromatic rings. The molecule has 0 aromatic heterocycles. The van der Waals surface area contributed by atoms with Crippen LogP contribution in [0.1, 0.15) is 58.8 Å². The molecule has 10 heteroatoms. The van der Waals surface area contributed by atoms with E-state index < -0.39 is 44.5 Å². The van der Waals surface area contributed by atoms with Crippen LogP contribution in [-0.4, -0.2) is 58.4 Å². The maximum absolute atomic E-state index is 12.0. The molecule has 0 aliphatic carbocycles. The van der Waals surface area contributed by atoms with Crippen molar-refractivity contribution in [2.75, 3.05) is 13.2 Å². The van der Waals surface area contributed by atoms with Gasteiger partial charge in [-0.3, -0.25) is 13.8 Å². The summed E-state index contributed by atoms with van der Waals surface area (Å²) in [4.78, 5) is 33.3. The zero-order valence-electron chi connectivity index (χ0n) is 15.9. The number of carbonyl (C=O) groups excluding carboxylic acids is 2. The highest BCUT2D eigenvalue weighted by atomic mass is 31.2.